The molecule has 0 amide bonds. The minimum Gasteiger partial charge on any atom is -0.493 e. The van der Waals surface area contributed by atoms with Crippen LogP contribution < -0.4 is 14.2 Å². The van der Waals surface area contributed by atoms with Crippen molar-refractivity contribution in [3.8, 4) is 17.2 Å². The van der Waals surface area contributed by atoms with Crippen LogP contribution in [0.2, 0.25) is 0 Å². The first-order valence-electron chi connectivity index (χ1n) is 7.87. The Morgan fingerprint density at radius 3 is 2.55 bits per heavy atom. The van der Waals surface area contributed by atoms with Crippen molar-refractivity contribution < 1.29 is 14.2 Å². The lowest BCUT2D eigenvalue weighted by Gasteiger charge is -2.20. The number of benzene rings is 2. The summed E-state index contributed by atoms with van der Waals surface area (Å²) in [5.41, 5.74) is 2.33. The lowest BCUT2D eigenvalue weighted by atomic mass is 10.1. The second kappa shape index (κ2) is 8.32. The molecule has 0 saturated carbocycles. The highest BCUT2D eigenvalue weighted by Gasteiger charge is 2.16. The van der Waals surface area contributed by atoms with E-state index in [9.17, 15) is 0 Å². The van der Waals surface area contributed by atoms with E-state index in [1.165, 1.54) is 5.56 Å². The quantitative estimate of drug-likeness (QED) is 0.824. The Labute approximate surface area is 132 Å². The maximum Gasteiger partial charge on any atom is 0.165 e. The monoisotopic (exact) mass is 300 g/mol. The highest BCUT2D eigenvalue weighted by atomic mass is 16.5. The van der Waals surface area contributed by atoms with Crippen LogP contribution in [0.25, 0.3) is 0 Å². The fraction of sp³-hybridized carbons (Fsp3) is 0.368. The number of aryl methyl sites for hydroxylation is 1. The SMILES string of the molecule is CC.COc1cc2c(cc1OCc1ccccc1)OCCC2. The lowest BCUT2D eigenvalue weighted by molar-refractivity contribution is 0.267. The third-order valence-corrected chi connectivity index (χ3v) is 3.43. The van der Waals surface area contributed by atoms with E-state index in [-0.39, 0.29) is 0 Å². The average molecular weight is 300 g/mol. The molecule has 0 unspecified atom stereocenters. The van der Waals surface area contributed by atoms with Gasteiger partial charge in [0, 0.05) is 6.07 Å². The lowest BCUT2D eigenvalue weighted by Crippen LogP contribution is -2.09. The van der Waals surface area contributed by atoms with Gasteiger partial charge in [-0.05, 0) is 30.0 Å². The fourth-order valence-corrected chi connectivity index (χ4v) is 2.37. The Morgan fingerprint density at radius 1 is 1.05 bits per heavy atom. The molecule has 0 saturated heterocycles. The van der Waals surface area contributed by atoms with Crippen LogP contribution in [0.5, 0.6) is 17.2 Å². The molecule has 2 aromatic rings. The maximum atomic E-state index is 5.88. The largest absolute Gasteiger partial charge is 0.493 e. The van der Waals surface area contributed by atoms with Crippen LogP contribution in [0, 0.1) is 0 Å². The summed E-state index contributed by atoms with van der Waals surface area (Å²) < 4.78 is 17.0. The molecule has 3 rings (SSSR count). The molecule has 0 spiro atoms. The van der Waals surface area contributed by atoms with Crippen molar-refractivity contribution in [2.75, 3.05) is 13.7 Å². The molecule has 3 heteroatoms. The van der Waals surface area contributed by atoms with Crippen molar-refractivity contribution in [3.05, 3.63) is 53.6 Å². The first-order chi connectivity index (χ1) is 10.9. The number of fused-ring (bicyclic) bond motifs is 1. The molecular weight excluding hydrogens is 276 g/mol. The van der Waals surface area contributed by atoms with Crippen LogP contribution in [0.1, 0.15) is 31.4 Å². The standard InChI is InChI=1S/C17H18O3.C2H6/c1-18-16-10-14-8-5-9-19-15(14)11-17(16)20-12-13-6-3-2-4-7-13;1-2/h2-4,6-7,10-11H,5,8-9,12H2,1H3;1-2H3. The second-order valence-corrected chi connectivity index (χ2v) is 4.84. The summed E-state index contributed by atoms with van der Waals surface area (Å²) in [6, 6.07) is 14.1. The highest BCUT2D eigenvalue weighted by molar-refractivity contribution is 5.51. The summed E-state index contributed by atoms with van der Waals surface area (Å²) in [6.45, 7) is 5.30. The van der Waals surface area contributed by atoms with Crippen LogP contribution in [-0.4, -0.2) is 13.7 Å². The first-order valence-corrected chi connectivity index (χ1v) is 7.87. The molecular formula is C19H24O3. The number of hydrogen-bond acceptors (Lipinski definition) is 3. The Kier molecular flexibility index (Phi) is 6.13. The molecule has 2 aromatic carbocycles. The fourth-order valence-electron chi connectivity index (χ4n) is 2.37. The summed E-state index contributed by atoms with van der Waals surface area (Å²) in [4.78, 5) is 0. The van der Waals surface area contributed by atoms with E-state index in [4.69, 9.17) is 14.2 Å². The van der Waals surface area contributed by atoms with E-state index in [1.807, 2.05) is 56.3 Å². The van der Waals surface area contributed by atoms with Gasteiger partial charge in [-0.2, -0.15) is 0 Å². The van der Waals surface area contributed by atoms with Crippen molar-refractivity contribution >= 4 is 0 Å². The maximum absolute atomic E-state index is 5.88. The molecule has 0 N–H and O–H groups in total. The number of methoxy groups -OCH3 is 1. The minimum absolute atomic E-state index is 0.524. The number of ether oxygens (including phenoxy) is 3. The summed E-state index contributed by atoms with van der Waals surface area (Å²) in [7, 11) is 1.67. The number of rotatable bonds is 4. The molecule has 0 bridgehead atoms. The van der Waals surface area contributed by atoms with Crippen molar-refractivity contribution in [2.24, 2.45) is 0 Å². The van der Waals surface area contributed by atoms with Crippen molar-refractivity contribution in [3.63, 3.8) is 0 Å². The van der Waals surface area contributed by atoms with E-state index in [0.717, 1.165) is 42.3 Å². The summed E-state index contributed by atoms with van der Waals surface area (Å²) in [5.74, 6) is 2.42. The van der Waals surface area contributed by atoms with Gasteiger partial charge in [0.25, 0.3) is 0 Å². The zero-order valence-corrected chi connectivity index (χ0v) is 13.6. The van der Waals surface area contributed by atoms with Gasteiger partial charge in [-0.3, -0.25) is 0 Å². The van der Waals surface area contributed by atoms with E-state index in [2.05, 4.69) is 0 Å². The van der Waals surface area contributed by atoms with Gasteiger partial charge in [-0.1, -0.05) is 44.2 Å². The molecule has 0 fully saturated rings. The summed E-state index contributed by atoms with van der Waals surface area (Å²) >= 11 is 0. The van der Waals surface area contributed by atoms with Gasteiger partial charge in [0.05, 0.1) is 13.7 Å². The molecule has 22 heavy (non-hydrogen) atoms. The first kappa shape index (κ1) is 16.2. The molecule has 0 radical (unpaired) electrons. The topological polar surface area (TPSA) is 27.7 Å². The summed E-state index contributed by atoms with van der Waals surface area (Å²) in [6.07, 6.45) is 2.09. The van der Waals surface area contributed by atoms with E-state index in [1.54, 1.807) is 7.11 Å². The van der Waals surface area contributed by atoms with E-state index in [0.29, 0.717) is 6.61 Å². The van der Waals surface area contributed by atoms with E-state index < -0.39 is 0 Å². The van der Waals surface area contributed by atoms with Crippen molar-refractivity contribution in [2.45, 2.75) is 33.3 Å². The van der Waals surface area contributed by atoms with Crippen LogP contribution in [-0.2, 0) is 13.0 Å². The van der Waals surface area contributed by atoms with Gasteiger partial charge < -0.3 is 14.2 Å². The molecule has 1 aliphatic rings. The van der Waals surface area contributed by atoms with Crippen LogP contribution >= 0.6 is 0 Å². The summed E-state index contributed by atoms with van der Waals surface area (Å²) in [5, 5.41) is 0. The van der Waals surface area contributed by atoms with Gasteiger partial charge in [-0.25, -0.2) is 0 Å². The van der Waals surface area contributed by atoms with Gasteiger partial charge in [-0.15, -0.1) is 0 Å². The Hall–Kier alpha value is -2.16. The van der Waals surface area contributed by atoms with Gasteiger partial charge in [0.15, 0.2) is 11.5 Å². The smallest absolute Gasteiger partial charge is 0.165 e. The molecule has 0 atom stereocenters. The van der Waals surface area contributed by atoms with Gasteiger partial charge in [0.2, 0.25) is 0 Å². The van der Waals surface area contributed by atoms with Crippen LogP contribution in [0.15, 0.2) is 42.5 Å². The van der Waals surface area contributed by atoms with Crippen molar-refractivity contribution in [1.29, 1.82) is 0 Å². The molecule has 0 aliphatic carbocycles. The van der Waals surface area contributed by atoms with Gasteiger partial charge in [0.1, 0.15) is 12.4 Å². The zero-order valence-electron chi connectivity index (χ0n) is 13.6. The Balaban J connectivity index is 0.000000847. The molecule has 3 nitrogen and oxygen atoms in total. The van der Waals surface area contributed by atoms with Crippen LogP contribution in [0.4, 0.5) is 0 Å². The predicted octanol–water partition coefficient (Wildman–Crippen LogP) is 4.63. The third kappa shape index (κ3) is 3.94. The average Bonchev–Trinajstić information content (AvgIpc) is 2.61. The molecule has 1 aliphatic heterocycles. The molecule has 0 aromatic heterocycles. The van der Waals surface area contributed by atoms with Crippen LogP contribution in [0.3, 0.4) is 0 Å². The minimum atomic E-state index is 0.524. The molecule has 1 heterocycles. The van der Waals surface area contributed by atoms with E-state index >= 15 is 0 Å². The highest BCUT2D eigenvalue weighted by Crippen LogP contribution is 2.37. The number of hydrogen-bond donors (Lipinski definition) is 0. The van der Waals surface area contributed by atoms with Crippen molar-refractivity contribution in [1.82, 2.24) is 0 Å². The molecule has 118 valence electrons. The zero-order chi connectivity index (χ0) is 15.8. The predicted molar refractivity (Wildman–Crippen MR) is 88.9 cm³/mol. The Morgan fingerprint density at radius 2 is 1.82 bits per heavy atom. The second-order valence-electron chi connectivity index (χ2n) is 4.84. The van der Waals surface area contributed by atoms with Gasteiger partial charge >= 0.3 is 0 Å². The Bertz CT molecular complexity index is 579. The normalized spacial score (nSPS) is 12.3. The third-order valence-electron chi connectivity index (χ3n) is 3.43.